The van der Waals surface area contributed by atoms with Gasteiger partial charge in [-0.1, -0.05) is 0 Å². The largest absolute Gasteiger partial charge is 0.502 e. The third-order valence-corrected chi connectivity index (χ3v) is 19.0. The number of cyclic esters (lactones) is 2. The molecule has 0 bridgehead atoms. The zero-order valence-electron chi connectivity index (χ0n) is 47.5. The first kappa shape index (κ1) is 58.2. The summed E-state index contributed by atoms with van der Waals surface area (Å²) in [6.45, 7) is 2.33. The van der Waals surface area contributed by atoms with Gasteiger partial charge in [-0.3, -0.25) is 18.6 Å². The summed E-state index contributed by atoms with van der Waals surface area (Å²) >= 11 is 0. The molecule has 6 saturated heterocycles. The zero-order chi connectivity index (χ0) is 60.5. The highest BCUT2D eigenvalue weighted by molar-refractivity contribution is 7.47. The fraction of sp³-hybridized carbons (Fsp3) is 0.552. The Morgan fingerprint density at radius 1 is 0.494 bits per heavy atom. The van der Waals surface area contributed by atoms with E-state index in [1.165, 1.54) is 28.4 Å². The third kappa shape index (κ3) is 9.92. The maximum Gasteiger partial charge on any atom is 0.473 e. The van der Waals surface area contributed by atoms with Crippen molar-refractivity contribution < 1.29 is 134 Å². The molecule has 2 aliphatic carbocycles. The molecule has 5 N–H and O–H groups in total. The van der Waals surface area contributed by atoms with Crippen LogP contribution in [0, 0.1) is 23.7 Å². The lowest BCUT2D eigenvalue weighted by atomic mass is 9.66. The van der Waals surface area contributed by atoms with Crippen LogP contribution in [0.15, 0.2) is 48.5 Å². The van der Waals surface area contributed by atoms with E-state index in [1.807, 2.05) is 0 Å². The second kappa shape index (κ2) is 22.5. The van der Waals surface area contributed by atoms with Gasteiger partial charge < -0.3 is 111 Å². The number of aliphatic hydroxyl groups excluding tert-OH is 2. The number of phosphoric acid groups is 1. The van der Waals surface area contributed by atoms with Crippen molar-refractivity contribution in [3.63, 3.8) is 0 Å². The molecule has 28 nitrogen and oxygen atoms in total. The first-order valence-electron chi connectivity index (χ1n) is 28.3. The molecule has 2 unspecified atom stereocenters. The van der Waals surface area contributed by atoms with Gasteiger partial charge in [0.2, 0.25) is 25.1 Å². The summed E-state index contributed by atoms with van der Waals surface area (Å²) < 4.78 is 134. The molecule has 8 heterocycles. The normalized spacial score (nSPS) is 36.6. The Morgan fingerprint density at radius 3 is 1.21 bits per heavy atom. The van der Waals surface area contributed by atoms with Crippen molar-refractivity contribution in [2.24, 2.45) is 23.7 Å². The van der Waals surface area contributed by atoms with Crippen LogP contribution in [-0.2, 0) is 70.6 Å². The molecule has 4 aromatic rings. The standard InChI is InChI=1S/C58H63O28P/c1-21-71-17-39-51(79-21)53(47(61)57(81-39)83-49-27-13-33-31(75-19-77-33)11-25(27)41(43-29(49)15-73-55(43)63)23-7-35(67-3)45(59)36(8-23)68-4)85-87(65,66)86-54-48(62)58(82-40-18-72-22(2)80-52(40)54)84-50-28-14-34-32(76-20-78-34)12-26(28)42(44-30(50)16-74-56(44)64)24-9-37(69-5)46(60)38(10-24)70-6/h7-14,21-22,29-30,39-44,47-54,57-62H,15-20H2,1-6H3,(H,65,66)/t21-,22-,29-,30+,39-,40+,41-,42-,43-,44-,47+,48?,49-,50-,51+,52-,53-,54-,57-,58+/m1/s1. The minimum Gasteiger partial charge on any atom is -0.502 e. The van der Waals surface area contributed by atoms with Crippen molar-refractivity contribution in [3.8, 4) is 57.5 Å². The second-order valence-electron chi connectivity index (χ2n) is 22.6. The van der Waals surface area contributed by atoms with Gasteiger partial charge in [-0.2, -0.15) is 0 Å². The number of ether oxygens (including phenoxy) is 18. The Balaban J connectivity index is 0.770. The lowest BCUT2D eigenvalue weighted by Gasteiger charge is -2.50. The smallest absolute Gasteiger partial charge is 0.473 e. The van der Waals surface area contributed by atoms with Gasteiger partial charge in [-0.25, -0.2) is 4.57 Å². The highest BCUT2D eigenvalue weighted by Gasteiger charge is 2.61. The lowest BCUT2D eigenvalue weighted by molar-refractivity contribution is -0.367. The Kier molecular flexibility index (Phi) is 15.1. The zero-order valence-corrected chi connectivity index (χ0v) is 48.4. The van der Waals surface area contributed by atoms with Crippen molar-refractivity contribution >= 4 is 19.8 Å². The average molecular weight is 1240 g/mol. The lowest BCUT2D eigenvalue weighted by Crippen LogP contribution is -2.64. The quantitative estimate of drug-likeness (QED) is 0.0884. The number of phenolic OH excluding ortho intramolecular Hbond substituents is 2. The number of esters is 2. The summed E-state index contributed by atoms with van der Waals surface area (Å²) in [6.07, 6.45) is -19.7. The molecule has 6 fully saturated rings. The molecular weight excluding hydrogens is 1180 g/mol. The van der Waals surface area contributed by atoms with E-state index in [2.05, 4.69) is 0 Å². The maximum atomic E-state index is 15.0. The van der Waals surface area contributed by atoms with E-state index >= 15 is 0 Å². The number of hydrogen-bond donors (Lipinski definition) is 5. The van der Waals surface area contributed by atoms with Crippen LogP contribution in [0.2, 0.25) is 0 Å². The number of aliphatic hydroxyl groups is 2. The monoisotopic (exact) mass is 1240 g/mol. The number of phosphoric ester groups is 1. The molecule has 87 heavy (non-hydrogen) atoms. The summed E-state index contributed by atoms with van der Waals surface area (Å²) in [5, 5.41) is 46.9. The minimum atomic E-state index is -5.56. The molecule has 0 radical (unpaired) electrons. The first-order valence-corrected chi connectivity index (χ1v) is 29.8. The van der Waals surface area contributed by atoms with Crippen LogP contribution in [0.5, 0.6) is 57.5 Å². The van der Waals surface area contributed by atoms with E-state index in [4.69, 9.17) is 94.3 Å². The molecule has 0 spiro atoms. The number of benzene rings is 4. The molecule has 14 rings (SSSR count). The molecule has 468 valence electrons. The summed E-state index contributed by atoms with van der Waals surface area (Å²) in [7, 11) is -0.0286. The summed E-state index contributed by atoms with van der Waals surface area (Å²) in [5.74, 6) is -4.81. The van der Waals surface area contributed by atoms with Gasteiger partial charge in [-0.15, -0.1) is 0 Å². The number of rotatable bonds is 14. The van der Waals surface area contributed by atoms with Gasteiger partial charge in [0.15, 0.2) is 71.2 Å². The van der Waals surface area contributed by atoms with E-state index < -0.39 is 141 Å². The highest BCUT2D eigenvalue weighted by Crippen LogP contribution is 2.60. The van der Waals surface area contributed by atoms with E-state index in [1.54, 1.807) is 62.4 Å². The first-order chi connectivity index (χ1) is 41.9. The molecule has 0 aromatic heterocycles. The van der Waals surface area contributed by atoms with E-state index in [0.717, 1.165) is 0 Å². The topological polar surface area (TPSA) is 337 Å². The fourth-order valence-electron chi connectivity index (χ4n) is 14.0. The summed E-state index contributed by atoms with van der Waals surface area (Å²) in [5.41, 5.74) is 3.08. The third-order valence-electron chi connectivity index (χ3n) is 17.9. The van der Waals surface area contributed by atoms with Crippen LogP contribution < -0.4 is 37.9 Å². The Labute approximate surface area is 495 Å². The molecular formula is C58H63O28P. The van der Waals surface area contributed by atoms with Crippen molar-refractivity contribution in [2.75, 3.05) is 68.5 Å². The minimum absolute atomic E-state index is 0.0834. The fourth-order valence-corrected chi connectivity index (χ4v) is 15.2. The Bertz CT molecular complexity index is 3130. The number of carbonyl (C=O) groups excluding carboxylic acids is 2. The van der Waals surface area contributed by atoms with Crippen LogP contribution in [0.3, 0.4) is 0 Å². The number of aromatic hydroxyl groups is 2. The molecule has 10 aliphatic rings. The number of phenols is 2. The van der Waals surface area contributed by atoms with Crippen molar-refractivity contribution in [1.82, 2.24) is 0 Å². The Hall–Kier alpha value is -6.47. The van der Waals surface area contributed by atoms with E-state index in [9.17, 15) is 39.5 Å². The SMILES string of the molecule is COc1cc([C@@H]2c3cc4c(cc3[C@@H](O[C@H]3O[C@@H]5CO[C@@H](C)O[C@@H]5[C@H](OP(=O)(O)O[C@@H]5C(O)[C@H](O[C@@H]6c7cc8c(cc7[C@@H](c7cc(OC)c(O)c(OC)c7)[C@@H]7C(=O)OC[C@@H]76)OCO8)O[C@H]6CO[C@@H](C)O[C@H]65)[C@@H]3O)[C@@H]3COC(=O)[C@@H]23)OCO4)cc(OC)c1O. The van der Waals surface area contributed by atoms with E-state index in [-0.39, 0.29) is 74.5 Å². The maximum absolute atomic E-state index is 15.0. The van der Waals surface area contributed by atoms with Crippen LogP contribution in [0.25, 0.3) is 0 Å². The van der Waals surface area contributed by atoms with Gasteiger partial charge >= 0.3 is 19.8 Å². The molecule has 0 amide bonds. The highest BCUT2D eigenvalue weighted by atomic mass is 31.2. The summed E-state index contributed by atoms with van der Waals surface area (Å²) in [6, 6.07) is 13.2. The van der Waals surface area contributed by atoms with Crippen LogP contribution in [0.4, 0.5) is 0 Å². The number of methoxy groups -OCH3 is 4. The molecule has 4 aromatic carbocycles. The number of carbonyl (C=O) groups is 2. The number of fused-ring (bicyclic) bond motifs is 8. The second-order valence-corrected chi connectivity index (χ2v) is 24.0. The van der Waals surface area contributed by atoms with Gasteiger partial charge in [0, 0.05) is 23.7 Å². The molecule has 29 heteroatoms. The Morgan fingerprint density at radius 2 is 0.851 bits per heavy atom. The molecule has 21 atom stereocenters. The number of hydrogen-bond acceptors (Lipinski definition) is 27. The molecule has 8 aliphatic heterocycles. The van der Waals surface area contributed by atoms with Crippen LogP contribution in [0.1, 0.15) is 71.3 Å². The predicted octanol–water partition coefficient (Wildman–Crippen LogP) is 3.84. The van der Waals surface area contributed by atoms with Crippen molar-refractivity contribution in [1.29, 1.82) is 0 Å². The summed E-state index contributed by atoms with van der Waals surface area (Å²) in [4.78, 5) is 40.2. The predicted molar refractivity (Wildman–Crippen MR) is 284 cm³/mol. The van der Waals surface area contributed by atoms with E-state index in [0.29, 0.717) is 56.4 Å². The van der Waals surface area contributed by atoms with Crippen molar-refractivity contribution in [3.05, 3.63) is 81.9 Å². The van der Waals surface area contributed by atoms with Gasteiger partial charge in [-0.05, 0) is 95.8 Å². The molecule has 0 saturated carbocycles. The van der Waals surface area contributed by atoms with Gasteiger partial charge in [0.1, 0.15) is 48.8 Å². The van der Waals surface area contributed by atoms with Crippen LogP contribution >= 0.6 is 7.82 Å². The van der Waals surface area contributed by atoms with Crippen LogP contribution in [-0.4, -0.2) is 180 Å². The van der Waals surface area contributed by atoms with Gasteiger partial charge in [0.25, 0.3) is 0 Å². The average Bonchev–Trinajstić information content (AvgIpc) is 2.22. The van der Waals surface area contributed by atoms with Gasteiger partial charge in [0.05, 0.1) is 78.9 Å². The van der Waals surface area contributed by atoms with Crippen molar-refractivity contribution in [2.45, 2.75) is 112 Å².